The number of aliphatic hydroxyl groups is 2. The normalized spacial score (nSPS) is 13.8. The lowest BCUT2D eigenvalue weighted by molar-refractivity contribution is 0.0131. The highest BCUT2D eigenvalue weighted by Gasteiger charge is 2.19. The summed E-state index contributed by atoms with van der Waals surface area (Å²) in [6, 6.07) is 0. The molecule has 20 heavy (non-hydrogen) atoms. The largest absolute Gasteiger partial charge is 0.393 e. The van der Waals surface area contributed by atoms with E-state index in [1.54, 1.807) is 17.0 Å². The molecule has 0 aromatic carbocycles. The monoisotopic (exact) mass is 280 g/mol. The lowest BCUT2D eigenvalue weighted by atomic mass is 10.1. The molecular weight excluding hydrogens is 264 g/mol. The zero-order chi connectivity index (χ0) is 14.6. The molecule has 108 valence electrons. The number of anilines is 2. The number of hydrogen-bond acceptors (Lipinski definition) is 9. The maximum atomic E-state index is 9.73. The van der Waals surface area contributed by atoms with Crippen LogP contribution >= 0.6 is 0 Å². The molecule has 2 heterocycles. The third-order valence-corrected chi connectivity index (χ3v) is 2.46. The molecular formula is C10H16N8O2. The van der Waals surface area contributed by atoms with Crippen molar-refractivity contribution in [2.45, 2.75) is 12.5 Å². The van der Waals surface area contributed by atoms with E-state index in [0.717, 1.165) is 0 Å². The van der Waals surface area contributed by atoms with Crippen molar-refractivity contribution in [2.75, 3.05) is 23.9 Å². The minimum atomic E-state index is -1.28. The lowest BCUT2D eigenvalue weighted by Crippen LogP contribution is -2.37. The van der Waals surface area contributed by atoms with Gasteiger partial charge >= 0.3 is 0 Å². The maximum Gasteiger partial charge on any atom is 0.243 e. The third kappa shape index (κ3) is 3.38. The lowest BCUT2D eigenvalue weighted by Gasteiger charge is -2.20. The number of nitrogens with zero attached hydrogens (tertiary/aromatic N) is 5. The van der Waals surface area contributed by atoms with Crippen LogP contribution in [0.25, 0.3) is 5.95 Å². The molecule has 2 aromatic rings. The number of aliphatic hydroxyl groups excluding tert-OH is 1. The van der Waals surface area contributed by atoms with Gasteiger partial charge in [-0.25, -0.2) is 10.8 Å². The van der Waals surface area contributed by atoms with E-state index in [-0.39, 0.29) is 25.0 Å². The van der Waals surface area contributed by atoms with Crippen molar-refractivity contribution < 1.29 is 10.2 Å². The van der Waals surface area contributed by atoms with Crippen molar-refractivity contribution in [2.24, 2.45) is 5.84 Å². The van der Waals surface area contributed by atoms with Crippen molar-refractivity contribution in [1.29, 1.82) is 0 Å². The van der Waals surface area contributed by atoms with Gasteiger partial charge in [-0.2, -0.15) is 15.0 Å². The van der Waals surface area contributed by atoms with Crippen molar-refractivity contribution >= 4 is 11.9 Å². The van der Waals surface area contributed by atoms with E-state index in [1.807, 2.05) is 0 Å². The van der Waals surface area contributed by atoms with E-state index in [9.17, 15) is 5.11 Å². The molecule has 10 nitrogen and oxygen atoms in total. The highest BCUT2D eigenvalue weighted by atomic mass is 16.3. The van der Waals surface area contributed by atoms with Gasteiger partial charge < -0.3 is 15.5 Å². The Balaban J connectivity index is 2.23. The maximum absolute atomic E-state index is 9.73. The fourth-order valence-corrected chi connectivity index (χ4v) is 1.33. The summed E-state index contributed by atoms with van der Waals surface area (Å²) in [5.74, 6) is 6.00. The molecule has 0 bridgehead atoms. The SMILES string of the molecule is CC(O)(CO)CNc1nc(NN)nc(-n2ccnc2)n1. The molecule has 0 saturated carbocycles. The second kappa shape index (κ2) is 5.77. The van der Waals surface area contributed by atoms with Gasteiger partial charge in [0.1, 0.15) is 11.9 Å². The van der Waals surface area contributed by atoms with Crippen LogP contribution in [0.15, 0.2) is 18.7 Å². The Morgan fingerprint density at radius 2 is 2.10 bits per heavy atom. The van der Waals surface area contributed by atoms with E-state index in [0.29, 0.717) is 5.95 Å². The van der Waals surface area contributed by atoms with Gasteiger partial charge in [-0.05, 0) is 6.92 Å². The molecule has 1 unspecified atom stereocenters. The first kappa shape index (κ1) is 14.1. The summed E-state index contributed by atoms with van der Waals surface area (Å²) in [5, 5.41) is 21.5. The van der Waals surface area contributed by atoms with Crippen LogP contribution in [0.1, 0.15) is 6.92 Å². The van der Waals surface area contributed by atoms with E-state index >= 15 is 0 Å². The fourth-order valence-electron chi connectivity index (χ4n) is 1.33. The number of nitrogen functional groups attached to an aromatic ring is 1. The second-order valence-electron chi connectivity index (χ2n) is 4.41. The average Bonchev–Trinajstić information content (AvgIpc) is 2.99. The molecule has 6 N–H and O–H groups in total. The van der Waals surface area contributed by atoms with E-state index in [2.05, 4.69) is 30.7 Å². The quantitative estimate of drug-likeness (QED) is 0.315. The number of nitrogens with two attached hydrogens (primary N) is 1. The number of aromatic nitrogens is 5. The molecule has 0 saturated heterocycles. The second-order valence-corrected chi connectivity index (χ2v) is 4.41. The summed E-state index contributed by atoms with van der Waals surface area (Å²) in [6.07, 6.45) is 4.79. The molecule has 10 heteroatoms. The van der Waals surface area contributed by atoms with Gasteiger partial charge in [-0.15, -0.1) is 0 Å². The first-order chi connectivity index (χ1) is 9.54. The number of nitrogens with one attached hydrogen (secondary N) is 2. The summed E-state index contributed by atoms with van der Waals surface area (Å²) in [4.78, 5) is 16.1. The Morgan fingerprint density at radius 1 is 1.35 bits per heavy atom. The Kier molecular flexibility index (Phi) is 4.08. The van der Waals surface area contributed by atoms with Crippen LogP contribution in [0.3, 0.4) is 0 Å². The average molecular weight is 280 g/mol. The highest BCUT2D eigenvalue weighted by Crippen LogP contribution is 2.10. The zero-order valence-corrected chi connectivity index (χ0v) is 10.9. The van der Waals surface area contributed by atoms with Crippen LogP contribution in [-0.2, 0) is 0 Å². The van der Waals surface area contributed by atoms with E-state index in [4.69, 9.17) is 10.9 Å². The van der Waals surface area contributed by atoms with Crippen LogP contribution in [0.5, 0.6) is 0 Å². The first-order valence-electron chi connectivity index (χ1n) is 5.82. The summed E-state index contributed by atoms with van der Waals surface area (Å²) < 4.78 is 1.58. The molecule has 2 aromatic heterocycles. The molecule has 0 spiro atoms. The molecule has 0 aliphatic rings. The third-order valence-electron chi connectivity index (χ3n) is 2.46. The molecule has 0 fully saturated rings. The number of imidazole rings is 1. The Labute approximate surface area is 114 Å². The Morgan fingerprint density at radius 3 is 2.70 bits per heavy atom. The molecule has 0 amide bonds. The van der Waals surface area contributed by atoms with Gasteiger partial charge in [0.25, 0.3) is 0 Å². The number of hydrazine groups is 1. The highest BCUT2D eigenvalue weighted by molar-refractivity contribution is 5.37. The number of rotatable bonds is 6. The Hall–Kier alpha value is -2.30. The molecule has 0 aliphatic heterocycles. The summed E-state index contributed by atoms with van der Waals surface area (Å²) in [7, 11) is 0. The summed E-state index contributed by atoms with van der Waals surface area (Å²) in [6.45, 7) is 1.17. The molecule has 1 atom stereocenters. The topological polar surface area (TPSA) is 147 Å². The van der Waals surface area contributed by atoms with Crippen molar-refractivity contribution in [3.8, 4) is 5.95 Å². The predicted octanol–water partition coefficient (Wildman–Crippen LogP) is -1.50. The summed E-state index contributed by atoms with van der Waals surface area (Å²) >= 11 is 0. The van der Waals surface area contributed by atoms with Crippen LogP contribution in [0.2, 0.25) is 0 Å². The van der Waals surface area contributed by atoms with Crippen LogP contribution in [0, 0.1) is 0 Å². The van der Waals surface area contributed by atoms with Crippen LogP contribution in [-0.4, -0.2) is 53.5 Å². The standard InChI is InChI=1S/C10H16N8O2/c1-10(20,5-19)4-13-7-14-8(17-11)16-9(15-7)18-3-2-12-6-18/h2-3,6,19-20H,4-5,11H2,1H3,(H2,13,14,15,16,17). The van der Waals surface area contributed by atoms with Gasteiger partial charge in [0.15, 0.2) is 0 Å². The van der Waals surface area contributed by atoms with Gasteiger partial charge in [-0.1, -0.05) is 0 Å². The molecule has 0 radical (unpaired) electrons. The van der Waals surface area contributed by atoms with Crippen LogP contribution in [0.4, 0.5) is 11.9 Å². The van der Waals surface area contributed by atoms with Gasteiger partial charge in [0.2, 0.25) is 17.8 Å². The van der Waals surface area contributed by atoms with E-state index in [1.165, 1.54) is 13.3 Å². The van der Waals surface area contributed by atoms with Crippen molar-refractivity contribution in [1.82, 2.24) is 24.5 Å². The predicted molar refractivity (Wildman–Crippen MR) is 71.0 cm³/mol. The Bertz CT molecular complexity index is 556. The summed E-state index contributed by atoms with van der Waals surface area (Å²) in [5.41, 5.74) is 1.05. The van der Waals surface area contributed by atoms with Crippen molar-refractivity contribution in [3.63, 3.8) is 0 Å². The smallest absolute Gasteiger partial charge is 0.243 e. The minimum absolute atomic E-state index is 0.0703. The van der Waals surface area contributed by atoms with Crippen LogP contribution < -0.4 is 16.6 Å². The zero-order valence-electron chi connectivity index (χ0n) is 10.9. The fraction of sp³-hybridized carbons (Fsp3) is 0.400. The first-order valence-corrected chi connectivity index (χ1v) is 5.82. The van der Waals surface area contributed by atoms with Gasteiger partial charge in [0, 0.05) is 18.9 Å². The van der Waals surface area contributed by atoms with E-state index < -0.39 is 5.60 Å². The number of hydrogen-bond donors (Lipinski definition) is 5. The minimum Gasteiger partial charge on any atom is -0.393 e. The van der Waals surface area contributed by atoms with Gasteiger partial charge in [-0.3, -0.25) is 9.99 Å². The molecule has 2 rings (SSSR count). The van der Waals surface area contributed by atoms with Crippen molar-refractivity contribution in [3.05, 3.63) is 18.7 Å². The molecule has 0 aliphatic carbocycles. The van der Waals surface area contributed by atoms with Gasteiger partial charge in [0.05, 0.1) is 6.61 Å².